The van der Waals surface area contributed by atoms with Crippen molar-refractivity contribution < 1.29 is 16.4 Å². The van der Waals surface area contributed by atoms with E-state index in [1.165, 1.54) is 36.0 Å². The Morgan fingerprint density at radius 2 is 1.79 bits per heavy atom. The average Bonchev–Trinajstić information content (AvgIpc) is 3.45. The van der Waals surface area contributed by atoms with E-state index in [1.54, 1.807) is 0 Å². The first-order valence-corrected chi connectivity index (χ1v) is 11.4. The maximum Gasteiger partial charge on any atom is 0.246 e. The van der Waals surface area contributed by atoms with Gasteiger partial charge in [-0.1, -0.05) is 0 Å². The normalized spacial score (nSPS) is 21.3. The van der Waals surface area contributed by atoms with Gasteiger partial charge in [-0.15, -0.1) is 5.10 Å². The first-order chi connectivity index (χ1) is 16.0. The molecule has 2 atom stereocenters. The number of likely N-dealkylation sites (tertiary alicyclic amines) is 1. The number of anilines is 3. The van der Waals surface area contributed by atoms with Crippen LogP contribution in [0.5, 0.6) is 0 Å². The number of nitrogens with zero attached hydrogens (tertiary/aromatic N) is 4. The van der Waals surface area contributed by atoms with Crippen LogP contribution < -0.4 is 10.6 Å². The minimum atomic E-state index is -0.662. The van der Waals surface area contributed by atoms with Crippen LogP contribution in [-0.4, -0.2) is 58.1 Å². The minimum absolute atomic E-state index is 0. The Bertz CT molecular complexity index is 1100. The van der Waals surface area contributed by atoms with Crippen molar-refractivity contribution in [3.63, 3.8) is 0 Å². The first-order valence-electron chi connectivity index (χ1n) is 11.4. The summed E-state index contributed by atoms with van der Waals surface area (Å²) >= 11 is 0. The molecule has 33 heavy (non-hydrogen) atoms. The highest BCUT2D eigenvalue weighted by Gasteiger charge is 2.32. The number of aryl methyl sites for hydroxylation is 1. The number of aromatic nitrogens is 3. The fraction of sp³-hybridized carbons (Fsp3) is 0.417. The molecule has 1 aromatic heterocycles. The van der Waals surface area contributed by atoms with Crippen molar-refractivity contribution in [1.82, 2.24) is 19.7 Å². The highest BCUT2D eigenvalue weighted by atomic mass is 19.1. The SMILES string of the molecule is Cc1cc(Nc2ncn(-c3cc(F)cc(F)c3)n2)cc(NC2CCOCC2N2CCCC2)c1.[HH].[HH]. The number of ether oxygens (including phenoxy) is 1. The summed E-state index contributed by atoms with van der Waals surface area (Å²) in [6, 6.07) is 10.1. The molecule has 0 amide bonds. The van der Waals surface area contributed by atoms with E-state index >= 15 is 0 Å². The van der Waals surface area contributed by atoms with Gasteiger partial charge in [0.2, 0.25) is 5.95 Å². The van der Waals surface area contributed by atoms with Crippen LogP contribution in [0.4, 0.5) is 26.1 Å². The molecule has 2 N–H and O–H groups in total. The monoisotopic (exact) mass is 458 g/mol. The lowest BCUT2D eigenvalue weighted by Gasteiger charge is -2.38. The maximum atomic E-state index is 13.5. The molecule has 2 saturated heterocycles. The zero-order valence-corrected chi connectivity index (χ0v) is 18.6. The Balaban J connectivity index is 0.00000171. The highest BCUT2D eigenvalue weighted by Crippen LogP contribution is 2.26. The Morgan fingerprint density at radius 1 is 1.03 bits per heavy atom. The van der Waals surface area contributed by atoms with Crippen molar-refractivity contribution in [2.45, 2.75) is 38.3 Å². The predicted molar refractivity (Wildman–Crippen MR) is 127 cm³/mol. The first kappa shape index (κ1) is 21.8. The molecule has 9 heteroatoms. The van der Waals surface area contributed by atoms with Crippen LogP contribution in [0.1, 0.15) is 27.7 Å². The third kappa shape index (κ3) is 5.15. The van der Waals surface area contributed by atoms with Gasteiger partial charge in [-0.25, -0.2) is 13.5 Å². The molecular weight excluding hydrogens is 426 g/mol. The lowest BCUT2D eigenvalue weighted by atomic mass is 10.0. The molecule has 0 saturated carbocycles. The van der Waals surface area contributed by atoms with Crippen molar-refractivity contribution in [1.29, 1.82) is 0 Å². The van der Waals surface area contributed by atoms with E-state index in [0.717, 1.165) is 55.7 Å². The van der Waals surface area contributed by atoms with Crippen LogP contribution in [0.2, 0.25) is 0 Å². The molecule has 2 aliphatic heterocycles. The van der Waals surface area contributed by atoms with Crippen LogP contribution in [-0.2, 0) is 4.74 Å². The van der Waals surface area contributed by atoms with Gasteiger partial charge >= 0.3 is 0 Å². The Hall–Kier alpha value is -3.04. The second-order valence-corrected chi connectivity index (χ2v) is 8.78. The van der Waals surface area contributed by atoms with Gasteiger partial charge < -0.3 is 15.4 Å². The maximum absolute atomic E-state index is 13.5. The fourth-order valence-corrected chi connectivity index (χ4v) is 4.72. The molecule has 0 spiro atoms. The lowest BCUT2D eigenvalue weighted by Crippen LogP contribution is -2.51. The molecule has 3 heterocycles. The van der Waals surface area contributed by atoms with E-state index in [1.807, 2.05) is 19.1 Å². The molecule has 2 unspecified atom stereocenters. The van der Waals surface area contributed by atoms with Crippen molar-refractivity contribution in [2.75, 3.05) is 36.9 Å². The second kappa shape index (κ2) is 9.44. The molecule has 2 fully saturated rings. The van der Waals surface area contributed by atoms with Crippen molar-refractivity contribution in [3.05, 3.63) is 59.9 Å². The summed E-state index contributed by atoms with van der Waals surface area (Å²) in [6.07, 6.45) is 4.90. The third-order valence-electron chi connectivity index (χ3n) is 6.23. The molecule has 0 radical (unpaired) electrons. The zero-order valence-electron chi connectivity index (χ0n) is 18.6. The van der Waals surface area contributed by atoms with E-state index in [-0.39, 0.29) is 8.54 Å². The Kier molecular flexibility index (Phi) is 6.24. The quantitative estimate of drug-likeness (QED) is 0.556. The van der Waals surface area contributed by atoms with Crippen LogP contribution in [0.3, 0.4) is 0 Å². The summed E-state index contributed by atoms with van der Waals surface area (Å²) in [7, 11) is 0. The zero-order chi connectivity index (χ0) is 22.8. The smallest absolute Gasteiger partial charge is 0.246 e. The van der Waals surface area contributed by atoms with Crippen LogP contribution >= 0.6 is 0 Å². The summed E-state index contributed by atoms with van der Waals surface area (Å²) in [5.74, 6) is -0.980. The molecule has 5 rings (SSSR count). The molecule has 178 valence electrons. The van der Waals surface area contributed by atoms with Gasteiger partial charge in [0.15, 0.2) is 0 Å². The molecule has 0 aliphatic carbocycles. The predicted octanol–water partition coefficient (Wildman–Crippen LogP) is 4.75. The second-order valence-electron chi connectivity index (χ2n) is 8.78. The number of benzene rings is 2. The van der Waals surface area contributed by atoms with Gasteiger partial charge in [-0.3, -0.25) is 4.90 Å². The van der Waals surface area contributed by atoms with Crippen LogP contribution in [0.15, 0.2) is 42.7 Å². The number of rotatable bonds is 6. The van der Waals surface area contributed by atoms with Gasteiger partial charge in [0.1, 0.15) is 18.0 Å². The summed E-state index contributed by atoms with van der Waals surface area (Å²) in [5, 5.41) is 11.2. The van der Waals surface area contributed by atoms with E-state index < -0.39 is 11.6 Å². The van der Waals surface area contributed by atoms with Crippen molar-refractivity contribution in [2.24, 2.45) is 0 Å². The summed E-state index contributed by atoms with van der Waals surface area (Å²) in [4.78, 5) is 6.78. The number of halogens is 2. The highest BCUT2D eigenvalue weighted by molar-refractivity contribution is 5.63. The Labute approximate surface area is 194 Å². The molecular formula is C24H32F2N6O. The summed E-state index contributed by atoms with van der Waals surface area (Å²) < 4.78 is 34.2. The minimum Gasteiger partial charge on any atom is -0.380 e. The van der Waals surface area contributed by atoms with Gasteiger partial charge in [-0.05, 0) is 75.2 Å². The fourth-order valence-electron chi connectivity index (χ4n) is 4.72. The average molecular weight is 459 g/mol. The van der Waals surface area contributed by atoms with E-state index in [0.29, 0.717) is 18.0 Å². The standard InChI is InChI=1S/C24H28F2N6O.2H2/c1-16-8-19(28-22-4-7-33-14-23(22)31-5-2-3-6-31)13-20(9-16)29-24-27-15-32(30-24)21-11-17(25)10-18(26)12-21;;/h8-13,15,22-23,28H,2-7,14H2,1H3,(H,29,30);2*1H. The molecule has 7 nitrogen and oxygen atoms in total. The van der Waals surface area contributed by atoms with Gasteiger partial charge in [0, 0.05) is 32.9 Å². The van der Waals surface area contributed by atoms with Crippen molar-refractivity contribution >= 4 is 17.3 Å². The summed E-state index contributed by atoms with van der Waals surface area (Å²) in [5.41, 5.74) is 3.23. The molecule has 2 aliphatic rings. The molecule has 3 aromatic rings. The molecule has 2 aromatic carbocycles. The number of hydrogen-bond acceptors (Lipinski definition) is 6. The molecule has 0 bridgehead atoms. The van der Waals surface area contributed by atoms with Gasteiger partial charge in [0.25, 0.3) is 0 Å². The number of nitrogens with one attached hydrogen (secondary N) is 2. The van der Waals surface area contributed by atoms with Crippen LogP contribution in [0, 0.1) is 18.6 Å². The topological polar surface area (TPSA) is 67.2 Å². The third-order valence-corrected chi connectivity index (χ3v) is 6.23. The lowest BCUT2D eigenvalue weighted by molar-refractivity contribution is 0.0191. The van der Waals surface area contributed by atoms with E-state index in [9.17, 15) is 8.78 Å². The number of hydrogen-bond donors (Lipinski definition) is 2. The van der Waals surface area contributed by atoms with E-state index in [2.05, 4.69) is 31.7 Å². The van der Waals surface area contributed by atoms with Crippen molar-refractivity contribution in [3.8, 4) is 5.69 Å². The van der Waals surface area contributed by atoms with Gasteiger partial charge in [-0.2, -0.15) is 4.98 Å². The van der Waals surface area contributed by atoms with Crippen LogP contribution in [0.25, 0.3) is 5.69 Å². The Morgan fingerprint density at radius 3 is 2.58 bits per heavy atom. The van der Waals surface area contributed by atoms with E-state index in [4.69, 9.17) is 4.74 Å². The van der Waals surface area contributed by atoms with Gasteiger partial charge in [0.05, 0.1) is 18.3 Å². The summed E-state index contributed by atoms with van der Waals surface area (Å²) in [6.45, 7) is 5.84. The largest absolute Gasteiger partial charge is 0.380 e.